The topological polar surface area (TPSA) is 75.4 Å². The smallest absolute Gasteiger partial charge is 0.276 e. The van der Waals surface area contributed by atoms with Crippen molar-refractivity contribution in [1.82, 2.24) is 14.7 Å². The maximum Gasteiger partial charge on any atom is 0.276 e. The maximum atomic E-state index is 14.2. The fraction of sp³-hybridized carbons (Fsp3) is 0.261. The van der Waals surface area contributed by atoms with Crippen LogP contribution in [0.15, 0.2) is 59.5 Å². The summed E-state index contributed by atoms with van der Waals surface area (Å²) in [6.45, 7) is 0.474. The van der Waals surface area contributed by atoms with Gasteiger partial charge in [-0.3, -0.25) is 14.3 Å². The molecule has 0 aliphatic carbocycles. The number of nitrogens with zero attached hydrogens (tertiary/aromatic N) is 3. The Labute approximate surface area is 176 Å². The number of rotatable bonds is 3. The highest BCUT2D eigenvalue weighted by molar-refractivity contribution is 5.96. The van der Waals surface area contributed by atoms with Gasteiger partial charge in [-0.25, -0.2) is 8.78 Å². The molecule has 3 heterocycles. The number of hydrogen-bond donors (Lipinski definition) is 1. The first-order valence-corrected chi connectivity index (χ1v) is 10.1. The van der Waals surface area contributed by atoms with E-state index < -0.39 is 40.7 Å². The lowest BCUT2D eigenvalue weighted by atomic mass is 9.80. The van der Waals surface area contributed by atoms with E-state index in [0.717, 1.165) is 24.2 Å². The molecule has 2 aliphatic heterocycles. The van der Waals surface area contributed by atoms with Crippen molar-refractivity contribution in [2.75, 3.05) is 6.54 Å². The molecule has 1 aromatic heterocycles. The highest BCUT2D eigenvalue weighted by Gasteiger charge is 2.48. The summed E-state index contributed by atoms with van der Waals surface area (Å²) in [6, 6.07) is 11.7. The van der Waals surface area contributed by atoms with Gasteiger partial charge in [-0.2, -0.15) is 5.10 Å². The molecule has 5 rings (SSSR count). The molecular weight excluding hydrogens is 404 g/mol. The average molecular weight is 423 g/mol. The van der Waals surface area contributed by atoms with Crippen molar-refractivity contribution in [2.24, 2.45) is 0 Å². The molecule has 2 aromatic carbocycles. The van der Waals surface area contributed by atoms with E-state index >= 15 is 0 Å². The van der Waals surface area contributed by atoms with Gasteiger partial charge in [-0.1, -0.05) is 30.3 Å². The Hall–Kier alpha value is -3.55. The minimum atomic E-state index is -0.746. The number of aromatic nitrogens is 2. The van der Waals surface area contributed by atoms with E-state index in [1.54, 1.807) is 4.90 Å². The van der Waals surface area contributed by atoms with Crippen LogP contribution in [0.5, 0.6) is 5.75 Å². The zero-order chi connectivity index (χ0) is 21.7. The minimum absolute atomic E-state index is 0.187. The molecule has 8 heteroatoms. The van der Waals surface area contributed by atoms with Gasteiger partial charge in [0.1, 0.15) is 11.6 Å². The number of carbonyl (C=O) groups is 1. The van der Waals surface area contributed by atoms with Crippen molar-refractivity contribution in [3.8, 4) is 5.75 Å². The van der Waals surface area contributed by atoms with Gasteiger partial charge in [0.25, 0.3) is 5.91 Å². The fourth-order valence-corrected chi connectivity index (χ4v) is 4.95. The predicted molar refractivity (Wildman–Crippen MR) is 108 cm³/mol. The van der Waals surface area contributed by atoms with Gasteiger partial charge in [-0.15, -0.1) is 0 Å². The Kier molecular flexibility index (Phi) is 4.57. The molecule has 31 heavy (non-hydrogen) atoms. The molecule has 158 valence electrons. The van der Waals surface area contributed by atoms with E-state index in [-0.39, 0.29) is 11.7 Å². The van der Waals surface area contributed by atoms with E-state index in [0.29, 0.717) is 18.5 Å². The number of fused-ring (bicyclic) bond motifs is 2. The van der Waals surface area contributed by atoms with Crippen LogP contribution < -0.4 is 5.43 Å². The molecule has 0 bridgehead atoms. The van der Waals surface area contributed by atoms with Crippen LogP contribution in [0.2, 0.25) is 0 Å². The summed E-state index contributed by atoms with van der Waals surface area (Å²) >= 11 is 0. The van der Waals surface area contributed by atoms with Crippen LogP contribution in [0.25, 0.3) is 0 Å². The summed E-state index contributed by atoms with van der Waals surface area (Å²) in [5.74, 6) is -3.10. The molecule has 1 N–H and O–H groups in total. The molecular formula is C23H19F2N3O3. The largest absolute Gasteiger partial charge is 0.502 e. The number of aromatic hydroxyl groups is 1. The standard InChI is InChI=1S/C23H19F2N3O3/c24-15-9-14(10-16(25)11-15)19(13-5-2-1-3-6-13)20-17-7-4-8-27(17)23(31)21-22(30)18(29)12-26-28(20)21/h1-3,5-6,9-12,17,19-20,30H,4,7-8H2/t17-,19?,20-/m1/s1. The molecule has 1 amide bonds. The van der Waals surface area contributed by atoms with Crippen LogP contribution in [0.4, 0.5) is 8.78 Å². The number of carbonyl (C=O) groups excluding carboxylic acids is 1. The van der Waals surface area contributed by atoms with Crippen LogP contribution in [-0.4, -0.2) is 38.3 Å². The molecule has 2 aliphatic rings. The monoisotopic (exact) mass is 423 g/mol. The molecule has 0 radical (unpaired) electrons. The van der Waals surface area contributed by atoms with E-state index in [1.807, 2.05) is 30.3 Å². The van der Waals surface area contributed by atoms with Gasteiger partial charge in [0.05, 0.1) is 18.3 Å². The third-order valence-electron chi connectivity index (χ3n) is 6.17. The lowest BCUT2D eigenvalue weighted by Crippen LogP contribution is -2.50. The van der Waals surface area contributed by atoms with Gasteiger partial charge in [0.15, 0.2) is 11.4 Å². The van der Waals surface area contributed by atoms with Gasteiger partial charge in [-0.05, 0) is 36.1 Å². The summed E-state index contributed by atoms with van der Waals surface area (Å²) in [4.78, 5) is 26.7. The molecule has 3 atom stereocenters. The highest BCUT2D eigenvalue weighted by atomic mass is 19.1. The van der Waals surface area contributed by atoms with Crippen molar-refractivity contribution in [1.29, 1.82) is 0 Å². The fourth-order valence-electron chi connectivity index (χ4n) is 4.95. The summed E-state index contributed by atoms with van der Waals surface area (Å²) in [5, 5.41) is 14.6. The van der Waals surface area contributed by atoms with E-state index in [4.69, 9.17) is 0 Å². The lowest BCUT2D eigenvalue weighted by molar-refractivity contribution is 0.0565. The summed E-state index contributed by atoms with van der Waals surface area (Å²) < 4.78 is 29.8. The molecule has 1 saturated heterocycles. The van der Waals surface area contributed by atoms with Crippen LogP contribution in [0.3, 0.4) is 0 Å². The summed E-state index contributed by atoms with van der Waals surface area (Å²) in [7, 11) is 0. The lowest BCUT2D eigenvalue weighted by Gasteiger charge is -2.42. The third-order valence-corrected chi connectivity index (χ3v) is 6.17. The van der Waals surface area contributed by atoms with E-state index in [1.165, 1.54) is 16.8 Å². The highest BCUT2D eigenvalue weighted by Crippen LogP contribution is 2.45. The number of hydrogen-bond acceptors (Lipinski definition) is 4. The number of benzene rings is 2. The first kappa shape index (κ1) is 19.4. The average Bonchev–Trinajstić information content (AvgIpc) is 3.23. The minimum Gasteiger partial charge on any atom is -0.502 e. The molecule has 6 nitrogen and oxygen atoms in total. The summed E-state index contributed by atoms with van der Waals surface area (Å²) in [6.07, 6.45) is 2.38. The van der Waals surface area contributed by atoms with Crippen LogP contribution in [0, 0.1) is 11.6 Å². The van der Waals surface area contributed by atoms with Gasteiger partial charge >= 0.3 is 0 Å². The Balaban J connectivity index is 1.79. The first-order chi connectivity index (χ1) is 15.0. The Morgan fingerprint density at radius 2 is 1.74 bits per heavy atom. The number of halogens is 2. The Morgan fingerprint density at radius 1 is 1.03 bits per heavy atom. The molecule has 1 fully saturated rings. The van der Waals surface area contributed by atoms with Crippen LogP contribution >= 0.6 is 0 Å². The van der Waals surface area contributed by atoms with E-state index in [9.17, 15) is 23.5 Å². The van der Waals surface area contributed by atoms with Crippen molar-refractivity contribution >= 4 is 5.91 Å². The second-order valence-electron chi connectivity index (χ2n) is 7.94. The summed E-state index contributed by atoms with van der Waals surface area (Å²) in [5.41, 5.74) is 0.239. The molecule has 3 aromatic rings. The third kappa shape index (κ3) is 3.10. The SMILES string of the molecule is O=C1c2c(O)c(=O)cnn2[C@@H](C(c2ccccc2)c2cc(F)cc(F)c2)[C@H]2CCCN12. The second-order valence-corrected chi connectivity index (χ2v) is 7.94. The second kappa shape index (κ2) is 7.30. The normalized spacial score (nSPS) is 21.0. The van der Waals surface area contributed by atoms with Crippen molar-refractivity contribution in [2.45, 2.75) is 30.8 Å². The van der Waals surface area contributed by atoms with Crippen LogP contribution in [0.1, 0.15) is 46.4 Å². The molecule has 1 unspecified atom stereocenters. The zero-order valence-electron chi connectivity index (χ0n) is 16.4. The van der Waals surface area contributed by atoms with Gasteiger partial charge in [0.2, 0.25) is 5.43 Å². The van der Waals surface area contributed by atoms with Gasteiger partial charge < -0.3 is 10.0 Å². The maximum absolute atomic E-state index is 14.2. The Morgan fingerprint density at radius 3 is 2.45 bits per heavy atom. The zero-order valence-corrected chi connectivity index (χ0v) is 16.4. The predicted octanol–water partition coefficient (Wildman–Crippen LogP) is 3.22. The number of amides is 1. The quantitative estimate of drug-likeness (QED) is 0.702. The first-order valence-electron chi connectivity index (χ1n) is 10.1. The van der Waals surface area contributed by atoms with Crippen molar-refractivity contribution < 1.29 is 18.7 Å². The Bertz CT molecular complexity index is 1210. The van der Waals surface area contributed by atoms with Crippen LogP contribution in [-0.2, 0) is 0 Å². The van der Waals surface area contributed by atoms with Crippen molar-refractivity contribution in [3.05, 3.63) is 93.4 Å². The molecule has 0 spiro atoms. The van der Waals surface area contributed by atoms with Crippen molar-refractivity contribution in [3.63, 3.8) is 0 Å². The molecule has 0 saturated carbocycles. The van der Waals surface area contributed by atoms with Gasteiger partial charge in [0, 0.05) is 18.5 Å². The van der Waals surface area contributed by atoms with E-state index in [2.05, 4.69) is 5.10 Å².